The van der Waals surface area contributed by atoms with E-state index in [1.807, 2.05) is 0 Å². The van der Waals surface area contributed by atoms with Crippen LogP contribution >= 0.6 is 0 Å². The molecular formula is C6H6O3S. The zero-order valence-corrected chi connectivity index (χ0v) is 6.02. The van der Waals surface area contributed by atoms with E-state index in [9.17, 15) is 8.42 Å². The monoisotopic (exact) mass is 158 g/mol. The van der Waals surface area contributed by atoms with E-state index in [1.54, 1.807) is 0 Å². The molecule has 0 unspecified atom stereocenters. The molecule has 0 aliphatic carbocycles. The third-order valence-electron chi connectivity index (χ3n) is 1.60. The first-order valence-electron chi connectivity index (χ1n) is 2.99. The summed E-state index contributed by atoms with van der Waals surface area (Å²) in [7, 11) is -3.05. The van der Waals surface area contributed by atoms with Crippen LogP contribution in [0.5, 0.6) is 0 Å². The average molecular weight is 158 g/mol. The van der Waals surface area contributed by atoms with Crippen LogP contribution in [0.2, 0.25) is 0 Å². The Morgan fingerprint density at radius 2 is 2.30 bits per heavy atom. The fraction of sp³-hybridized carbons (Fsp3) is 0.333. The minimum atomic E-state index is -3.05. The zero-order chi connectivity index (χ0) is 7.19. The maximum absolute atomic E-state index is 11.0. The van der Waals surface area contributed by atoms with Gasteiger partial charge in [0, 0.05) is 11.8 Å². The van der Waals surface area contributed by atoms with Crippen molar-refractivity contribution in [2.24, 2.45) is 0 Å². The molecule has 0 spiro atoms. The molecule has 4 heteroatoms. The van der Waals surface area contributed by atoms with Crippen molar-refractivity contribution in [2.75, 3.05) is 6.61 Å². The van der Waals surface area contributed by atoms with Crippen LogP contribution in [0.1, 0.15) is 6.42 Å². The van der Waals surface area contributed by atoms with E-state index in [2.05, 4.69) is 0 Å². The van der Waals surface area contributed by atoms with Gasteiger partial charge in [-0.3, -0.25) is 0 Å². The number of ether oxygens (including phenoxy) is 1. The van der Waals surface area contributed by atoms with Crippen molar-refractivity contribution in [2.45, 2.75) is 6.42 Å². The van der Waals surface area contributed by atoms with Gasteiger partial charge in [0.1, 0.15) is 5.76 Å². The largest absolute Gasteiger partial charge is 0.492 e. The fourth-order valence-corrected chi connectivity index (χ4v) is 2.36. The standard InChI is InChI=1S/C6H6O3S/c7-10(8)4-2-5-6(10)1-3-9-5/h2,4H,1,3H2. The Bertz CT molecular complexity index is 321. The second kappa shape index (κ2) is 1.63. The van der Waals surface area contributed by atoms with E-state index in [0.29, 0.717) is 23.7 Å². The van der Waals surface area contributed by atoms with E-state index in [-0.39, 0.29) is 0 Å². The van der Waals surface area contributed by atoms with Gasteiger partial charge < -0.3 is 4.74 Å². The van der Waals surface area contributed by atoms with Crippen molar-refractivity contribution in [1.29, 1.82) is 0 Å². The highest BCUT2D eigenvalue weighted by molar-refractivity contribution is 7.98. The third-order valence-corrected chi connectivity index (χ3v) is 3.19. The zero-order valence-electron chi connectivity index (χ0n) is 5.20. The first-order valence-corrected chi connectivity index (χ1v) is 4.54. The average Bonchev–Trinajstić information content (AvgIpc) is 2.36. The van der Waals surface area contributed by atoms with Crippen LogP contribution in [-0.4, -0.2) is 15.0 Å². The molecule has 0 aromatic heterocycles. The van der Waals surface area contributed by atoms with E-state index in [1.165, 1.54) is 11.5 Å². The molecule has 0 saturated carbocycles. The second-order valence-corrected chi connectivity index (χ2v) is 4.09. The van der Waals surface area contributed by atoms with Gasteiger partial charge in [0.05, 0.1) is 11.5 Å². The Morgan fingerprint density at radius 3 is 3.00 bits per heavy atom. The van der Waals surface area contributed by atoms with Crippen LogP contribution in [0, 0.1) is 0 Å². The molecule has 0 atom stereocenters. The van der Waals surface area contributed by atoms with Crippen molar-refractivity contribution >= 4 is 9.84 Å². The van der Waals surface area contributed by atoms with Crippen molar-refractivity contribution in [3.8, 4) is 0 Å². The molecule has 0 saturated heterocycles. The molecule has 0 aromatic carbocycles. The molecule has 54 valence electrons. The number of hydrogen-bond donors (Lipinski definition) is 0. The molecule has 3 nitrogen and oxygen atoms in total. The van der Waals surface area contributed by atoms with E-state index >= 15 is 0 Å². The molecule has 0 aromatic rings. The summed E-state index contributed by atoms with van der Waals surface area (Å²) >= 11 is 0. The molecule has 0 radical (unpaired) electrons. The van der Waals surface area contributed by atoms with Gasteiger partial charge in [-0.15, -0.1) is 0 Å². The van der Waals surface area contributed by atoms with Gasteiger partial charge in [0.15, 0.2) is 9.84 Å². The van der Waals surface area contributed by atoms with Gasteiger partial charge in [-0.25, -0.2) is 8.42 Å². The molecule has 10 heavy (non-hydrogen) atoms. The van der Waals surface area contributed by atoms with Gasteiger partial charge in [-0.05, 0) is 6.08 Å². The lowest BCUT2D eigenvalue weighted by Gasteiger charge is -1.90. The highest BCUT2D eigenvalue weighted by atomic mass is 32.2. The Balaban J connectivity index is 2.61. The maximum atomic E-state index is 11.0. The maximum Gasteiger partial charge on any atom is 0.199 e. The lowest BCUT2D eigenvalue weighted by atomic mass is 10.4. The Hall–Kier alpha value is -0.770. The molecular weight excluding hydrogens is 152 g/mol. The van der Waals surface area contributed by atoms with E-state index in [4.69, 9.17) is 4.74 Å². The molecule has 2 aliphatic heterocycles. The predicted molar refractivity (Wildman–Crippen MR) is 35.7 cm³/mol. The SMILES string of the molecule is O=S1(=O)C=CC2=C1CCO2. The van der Waals surface area contributed by atoms with Crippen LogP contribution in [0.4, 0.5) is 0 Å². The second-order valence-electron chi connectivity index (χ2n) is 2.23. The van der Waals surface area contributed by atoms with Gasteiger partial charge in [0.2, 0.25) is 0 Å². The van der Waals surface area contributed by atoms with E-state index in [0.717, 1.165) is 0 Å². The summed E-state index contributed by atoms with van der Waals surface area (Å²) < 4.78 is 27.1. The number of allylic oxidation sites excluding steroid dienone is 1. The summed E-state index contributed by atoms with van der Waals surface area (Å²) in [5, 5.41) is 1.19. The van der Waals surface area contributed by atoms with Gasteiger partial charge in [0.25, 0.3) is 0 Å². The van der Waals surface area contributed by atoms with E-state index < -0.39 is 9.84 Å². The van der Waals surface area contributed by atoms with Crippen molar-refractivity contribution < 1.29 is 13.2 Å². The topological polar surface area (TPSA) is 43.4 Å². The highest BCUT2D eigenvalue weighted by Crippen LogP contribution is 2.31. The number of rotatable bonds is 0. The molecule has 0 N–H and O–H groups in total. The Labute approximate surface area is 58.9 Å². The Morgan fingerprint density at radius 1 is 1.50 bits per heavy atom. The molecule has 0 bridgehead atoms. The molecule has 0 fully saturated rings. The first kappa shape index (κ1) is 5.97. The first-order chi connectivity index (χ1) is 4.70. The van der Waals surface area contributed by atoms with Crippen LogP contribution in [-0.2, 0) is 14.6 Å². The van der Waals surface area contributed by atoms with Crippen molar-refractivity contribution in [3.63, 3.8) is 0 Å². The summed E-state index contributed by atoms with van der Waals surface area (Å²) in [5.41, 5.74) is 0. The number of hydrogen-bond acceptors (Lipinski definition) is 3. The lowest BCUT2D eigenvalue weighted by Crippen LogP contribution is -1.94. The minimum Gasteiger partial charge on any atom is -0.492 e. The van der Waals surface area contributed by atoms with Crippen molar-refractivity contribution in [3.05, 3.63) is 22.1 Å². The highest BCUT2D eigenvalue weighted by Gasteiger charge is 2.29. The molecule has 2 aliphatic rings. The van der Waals surface area contributed by atoms with Gasteiger partial charge in [-0.2, -0.15) is 0 Å². The van der Waals surface area contributed by atoms with Crippen LogP contribution < -0.4 is 0 Å². The molecule has 0 amide bonds. The number of sulfone groups is 1. The predicted octanol–water partition coefficient (Wildman–Crippen LogP) is 0.560. The smallest absolute Gasteiger partial charge is 0.199 e. The molecule has 2 rings (SSSR count). The van der Waals surface area contributed by atoms with Crippen LogP contribution in [0.3, 0.4) is 0 Å². The lowest BCUT2D eigenvalue weighted by molar-refractivity contribution is 0.257. The summed E-state index contributed by atoms with van der Waals surface area (Å²) in [6.45, 7) is 0.508. The van der Waals surface area contributed by atoms with Gasteiger partial charge in [-0.1, -0.05) is 0 Å². The summed E-state index contributed by atoms with van der Waals surface area (Å²) in [5.74, 6) is 0.542. The van der Waals surface area contributed by atoms with Crippen LogP contribution in [0.25, 0.3) is 0 Å². The normalized spacial score (nSPS) is 26.8. The fourth-order valence-electron chi connectivity index (χ4n) is 1.11. The summed E-state index contributed by atoms with van der Waals surface area (Å²) in [4.78, 5) is 0.451. The minimum absolute atomic E-state index is 0.451. The van der Waals surface area contributed by atoms with Crippen molar-refractivity contribution in [1.82, 2.24) is 0 Å². The summed E-state index contributed by atoms with van der Waals surface area (Å²) in [6.07, 6.45) is 2.04. The summed E-state index contributed by atoms with van der Waals surface area (Å²) in [6, 6.07) is 0. The Kier molecular flexibility index (Phi) is 0.976. The van der Waals surface area contributed by atoms with Crippen LogP contribution in [0.15, 0.2) is 22.1 Å². The third kappa shape index (κ3) is 0.623. The quantitative estimate of drug-likeness (QED) is 0.517. The molecule has 2 heterocycles. The van der Waals surface area contributed by atoms with Gasteiger partial charge >= 0.3 is 0 Å².